The van der Waals surface area contributed by atoms with E-state index < -0.39 is 10.0 Å². The van der Waals surface area contributed by atoms with Crippen molar-refractivity contribution in [2.75, 3.05) is 0 Å². The van der Waals surface area contributed by atoms with Crippen molar-refractivity contribution in [1.29, 1.82) is 0 Å². The molecule has 0 spiro atoms. The van der Waals surface area contributed by atoms with E-state index in [1.54, 1.807) is 30.7 Å². The van der Waals surface area contributed by atoms with E-state index in [0.29, 0.717) is 12.0 Å². The molecule has 5 nitrogen and oxygen atoms in total. The lowest BCUT2D eigenvalue weighted by Gasteiger charge is -2.11. The maximum atomic E-state index is 12.1. The second kappa shape index (κ2) is 5.87. The average molecular weight is 301 g/mol. The van der Waals surface area contributed by atoms with Gasteiger partial charge < -0.3 is 9.52 Å². The minimum atomic E-state index is -3.54. The van der Waals surface area contributed by atoms with Gasteiger partial charge in [0.15, 0.2) is 0 Å². The summed E-state index contributed by atoms with van der Waals surface area (Å²) in [5.41, 5.74) is 0.601. The van der Waals surface area contributed by atoms with Crippen LogP contribution in [0.25, 0.3) is 0 Å². The fourth-order valence-electron chi connectivity index (χ4n) is 1.67. The first-order chi connectivity index (χ1) is 9.01. The zero-order chi connectivity index (χ0) is 13.9. The van der Waals surface area contributed by atoms with Gasteiger partial charge in [0.25, 0.3) is 0 Å². The quantitative estimate of drug-likeness (QED) is 0.852. The van der Waals surface area contributed by atoms with Gasteiger partial charge in [-0.05, 0) is 36.1 Å². The van der Waals surface area contributed by atoms with Gasteiger partial charge in [0.2, 0.25) is 10.0 Å². The van der Waals surface area contributed by atoms with Crippen LogP contribution in [0, 0.1) is 0 Å². The lowest BCUT2D eigenvalue weighted by atomic mass is 10.2. The molecule has 0 saturated carbocycles. The van der Waals surface area contributed by atoms with Crippen molar-refractivity contribution in [2.45, 2.75) is 30.2 Å². The van der Waals surface area contributed by atoms with Crippen LogP contribution in [0.5, 0.6) is 0 Å². The highest BCUT2D eigenvalue weighted by molar-refractivity contribution is 7.91. The van der Waals surface area contributed by atoms with E-state index in [0.717, 1.165) is 17.1 Å². The topological polar surface area (TPSA) is 79.5 Å². The molecule has 7 heteroatoms. The van der Waals surface area contributed by atoms with Crippen LogP contribution >= 0.6 is 11.3 Å². The molecule has 19 heavy (non-hydrogen) atoms. The largest absolute Gasteiger partial charge is 0.469 e. The standard InChI is InChI=1S/C12H15NO4S2/c1-9(5-11-3-2-4-17-11)13-19(15,16)12-6-10(7-14)8-18-12/h2-4,6,8-9,13-14H,5,7H2,1H3. The zero-order valence-electron chi connectivity index (χ0n) is 10.4. The van der Waals surface area contributed by atoms with Crippen molar-refractivity contribution in [3.63, 3.8) is 0 Å². The Morgan fingerprint density at radius 3 is 2.89 bits per heavy atom. The summed E-state index contributed by atoms with van der Waals surface area (Å²) in [5, 5.41) is 10.6. The van der Waals surface area contributed by atoms with Crippen molar-refractivity contribution in [3.8, 4) is 0 Å². The molecule has 1 unspecified atom stereocenters. The average Bonchev–Trinajstić information content (AvgIpc) is 2.97. The van der Waals surface area contributed by atoms with Crippen LogP contribution in [-0.2, 0) is 23.1 Å². The van der Waals surface area contributed by atoms with E-state index in [4.69, 9.17) is 9.52 Å². The van der Waals surface area contributed by atoms with Crippen LogP contribution in [0.15, 0.2) is 38.5 Å². The van der Waals surface area contributed by atoms with Gasteiger partial charge in [-0.1, -0.05) is 0 Å². The van der Waals surface area contributed by atoms with E-state index >= 15 is 0 Å². The molecule has 0 bridgehead atoms. The van der Waals surface area contributed by atoms with Crippen LogP contribution in [0.1, 0.15) is 18.2 Å². The molecule has 2 heterocycles. The molecule has 1 atom stereocenters. The Labute approximate surface area is 115 Å². The second-order valence-corrected chi connectivity index (χ2v) is 7.09. The number of aliphatic hydroxyl groups excluding tert-OH is 1. The van der Waals surface area contributed by atoms with Crippen molar-refractivity contribution >= 4 is 21.4 Å². The lowest BCUT2D eigenvalue weighted by Crippen LogP contribution is -2.33. The molecule has 2 aromatic rings. The first-order valence-corrected chi connectivity index (χ1v) is 8.10. The lowest BCUT2D eigenvalue weighted by molar-refractivity contribution is 0.282. The molecule has 2 aromatic heterocycles. The number of sulfonamides is 1. The van der Waals surface area contributed by atoms with E-state index in [-0.39, 0.29) is 16.9 Å². The molecule has 0 aliphatic rings. The van der Waals surface area contributed by atoms with Crippen LogP contribution < -0.4 is 4.72 Å². The summed E-state index contributed by atoms with van der Waals surface area (Å²) in [6.45, 7) is 1.62. The molecule has 0 radical (unpaired) electrons. The van der Waals surface area contributed by atoms with Crippen LogP contribution in [0.4, 0.5) is 0 Å². The maximum absolute atomic E-state index is 12.1. The molecule has 0 amide bonds. The Morgan fingerprint density at radius 1 is 1.53 bits per heavy atom. The highest BCUT2D eigenvalue weighted by Crippen LogP contribution is 2.20. The molecular weight excluding hydrogens is 286 g/mol. The number of aliphatic hydroxyl groups is 1. The van der Waals surface area contributed by atoms with E-state index in [2.05, 4.69) is 4.72 Å². The molecule has 0 fully saturated rings. The predicted octanol–water partition coefficient (Wildman–Crippen LogP) is 1.74. The summed E-state index contributed by atoms with van der Waals surface area (Å²) in [6.07, 6.45) is 2.05. The van der Waals surface area contributed by atoms with Crippen molar-refractivity contribution in [2.24, 2.45) is 0 Å². The monoisotopic (exact) mass is 301 g/mol. The van der Waals surface area contributed by atoms with Gasteiger partial charge in [0.05, 0.1) is 12.9 Å². The van der Waals surface area contributed by atoms with Crippen LogP contribution in [0.2, 0.25) is 0 Å². The fourth-order valence-corrected chi connectivity index (χ4v) is 4.13. The maximum Gasteiger partial charge on any atom is 0.250 e. The summed E-state index contributed by atoms with van der Waals surface area (Å²) in [5.74, 6) is 0.734. The van der Waals surface area contributed by atoms with E-state index in [1.165, 1.54) is 6.07 Å². The molecule has 2 rings (SSSR count). The van der Waals surface area contributed by atoms with Gasteiger partial charge >= 0.3 is 0 Å². The third-order valence-corrected chi connectivity index (χ3v) is 5.60. The summed E-state index contributed by atoms with van der Waals surface area (Å²) >= 11 is 1.10. The minimum Gasteiger partial charge on any atom is -0.469 e. The van der Waals surface area contributed by atoms with Gasteiger partial charge in [0, 0.05) is 12.5 Å². The molecule has 0 aliphatic carbocycles. The molecule has 104 valence electrons. The number of nitrogens with one attached hydrogen (secondary N) is 1. The number of rotatable bonds is 6. The van der Waals surface area contributed by atoms with E-state index in [1.807, 2.05) is 0 Å². The number of thiophene rings is 1. The number of hydrogen-bond acceptors (Lipinski definition) is 5. The highest BCUT2D eigenvalue weighted by atomic mass is 32.2. The summed E-state index contributed by atoms with van der Waals surface area (Å²) < 4.78 is 32.2. The Hall–Kier alpha value is -1.15. The smallest absolute Gasteiger partial charge is 0.250 e. The molecule has 2 N–H and O–H groups in total. The highest BCUT2D eigenvalue weighted by Gasteiger charge is 2.20. The van der Waals surface area contributed by atoms with Crippen LogP contribution in [-0.4, -0.2) is 19.6 Å². The SMILES string of the molecule is CC(Cc1ccco1)NS(=O)(=O)c1cc(CO)cs1. The van der Waals surface area contributed by atoms with Crippen molar-refractivity contribution in [1.82, 2.24) is 4.72 Å². The van der Waals surface area contributed by atoms with Crippen LogP contribution in [0.3, 0.4) is 0 Å². The molecular formula is C12H15NO4S2. The van der Waals surface area contributed by atoms with Gasteiger partial charge in [-0.3, -0.25) is 0 Å². The molecule has 0 aromatic carbocycles. The molecule has 0 saturated heterocycles. The minimum absolute atomic E-state index is 0.159. The first kappa shape index (κ1) is 14.3. The third kappa shape index (κ3) is 3.66. The second-order valence-electron chi connectivity index (χ2n) is 4.24. The van der Waals surface area contributed by atoms with Gasteiger partial charge in [0.1, 0.15) is 9.97 Å². The number of furan rings is 1. The predicted molar refractivity (Wildman–Crippen MR) is 72.4 cm³/mol. The summed E-state index contributed by atoms with van der Waals surface area (Å²) in [6, 6.07) is 4.78. The number of hydrogen-bond donors (Lipinski definition) is 2. The normalized spacial score (nSPS) is 13.6. The fraction of sp³-hybridized carbons (Fsp3) is 0.333. The van der Waals surface area contributed by atoms with Gasteiger partial charge in [-0.25, -0.2) is 13.1 Å². The summed E-state index contributed by atoms with van der Waals surface area (Å²) in [7, 11) is -3.54. The van der Waals surface area contributed by atoms with Gasteiger partial charge in [-0.2, -0.15) is 0 Å². The Balaban J connectivity index is 2.04. The first-order valence-electron chi connectivity index (χ1n) is 5.74. The Morgan fingerprint density at radius 2 is 2.32 bits per heavy atom. The van der Waals surface area contributed by atoms with Gasteiger partial charge in [-0.15, -0.1) is 11.3 Å². The molecule has 0 aliphatic heterocycles. The van der Waals surface area contributed by atoms with E-state index in [9.17, 15) is 8.42 Å². The van der Waals surface area contributed by atoms with Crippen molar-refractivity contribution < 1.29 is 17.9 Å². The Bertz CT molecular complexity index is 616. The summed E-state index contributed by atoms with van der Waals surface area (Å²) in [4.78, 5) is 0. The Kier molecular flexibility index (Phi) is 4.41. The van der Waals surface area contributed by atoms with Crippen molar-refractivity contribution in [3.05, 3.63) is 41.2 Å². The third-order valence-electron chi connectivity index (χ3n) is 2.52. The zero-order valence-corrected chi connectivity index (χ0v) is 12.0.